The van der Waals surface area contributed by atoms with E-state index in [1.165, 1.54) is 0 Å². The molecule has 4 rings (SSSR count). The lowest BCUT2D eigenvalue weighted by molar-refractivity contribution is 0.0518. The average Bonchev–Trinajstić information content (AvgIpc) is 2.82. The van der Waals surface area contributed by atoms with Crippen LogP contribution in [0.25, 0.3) is 22.2 Å². The average molecular weight is 439 g/mol. The number of ether oxygens (including phenoxy) is 1. The fourth-order valence-electron chi connectivity index (χ4n) is 3.48. The number of hydrogen-bond donors (Lipinski definition) is 0. The Morgan fingerprint density at radius 1 is 0.939 bits per heavy atom. The van der Waals surface area contributed by atoms with Crippen LogP contribution in [0.3, 0.4) is 0 Å². The predicted octanol–water partition coefficient (Wildman–Crippen LogP) is 6.58. The van der Waals surface area contributed by atoms with Crippen molar-refractivity contribution < 1.29 is 14.4 Å². The summed E-state index contributed by atoms with van der Waals surface area (Å²) in [5.74, 6) is 0.260. The normalized spacial score (nSPS) is 11.6. The van der Waals surface area contributed by atoms with Crippen LogP contribution in [0.2, 0.25) is 0 Å². The van der Waals surface area contributed by atoms with Crippen LogP contribution in [0.15, 0.2) is 84.0 Å². The summed E-state index contributed by atoms with van der Waals surface area (Å²) in [5, 5.41) is 4.80. The summed E-state index contributed by atoms with van der Waals surface area (Å²) in [6, 6.07) is 24.8. The van der Waals surface area contributed by atoms with Crippen LogP contribution in [-0.4, -0.2) is 22.8 Å². The van der Waals surface area contributed by atoms with Crippen molar-refractivity contribution in [3.63, 3.8) is 0 Å². The second kappa shape index (κ2) is 9.65. The Hall–Kier alpha value is -3.99. The van der Waals surface area contributed by atoms with E-state index in [-0.39, 0.29) is 6.10 Å². The molecule has 0 radical (unpaired) electrons. The van der Waals surface area contributed by atoms with E-state index in [1.54, 1.807) is 6.07 Å². The third kappa shape index (κ3) is 5.26. The molecule has 0 amide bonds. The highest BCUT2D eigenvalue weighted by molar-refractivity contribution is 6.05. The van der Waals surface area contributed by atoms with Crippen molar-refractivity contribution in [1.82, 2.24) is 4.98 Å². The molecule has 0 unspecified atom stereocenters. The van der Waals surface area contributed by atoms with Crippen molar-refractivity contribution in [2.45, 2.75) is 33.8 Å². The van der Waals surface area contributed by atoms with Gasteiger partial charge in [0.15, 0.2) is 0 Å². The second-order valence-corrected chi connectivity index (χ2v) is 8.18. The Labute approximate surface area is 193 Å². The fourth-order valence-corrected chi connectivity index (χ4v) is 3.48. The number of benzene rings is 3. The van der Waals surface area contributed by atoms with E-state index in [4.69, 9.17) is 14.6 Å². The summed E-state index contributed by atoms with van der Waals surface area (Å²) in [6.07, 6.45) is 0.0972. The number of rotatable bonds is 6. The number of oxime groups is 1. The molecule has 33 heavy (non-hydrogen) atoms. The van der Waals surface area contributed by atoms with Gasteiger partial charge in [-0.15, -0.1) is 0 Å². The highest BCUT2D eigenvalue weighted by Crippen LogP contribution is 2.27. The Bertz CT molecular complexity index is 1310. The number of hydrogen-bond acceptors (Lipinski definition) is 5. The second-order valence-electron chi connectivity index (χ2n) is 8.18. The first-order valence-corrected chi connectivity index (χ1v) is 10.9. The van der Waals surface area contributed by atoms with Gasteiger partial charge in [0.25, 0.3) is 0 Å². The maximum Gasteiger partial charge on any atom is 0.366 e. The topological polar surface area (TPSA) is 60.8 Å². The molecule has 0 fully saturated rings. The SMILES string of the molecule is C/C(=N\OC(=O)c1cc(-c2ccc(OC(C)C)cc2)nc2ccccc12)c1ccc(C)cc1. The van der Waals surface area contributed by atoms with Crippen molar-refractivity contribution in [1.29, 1.82) is 0 Å². The lowest BCUT2D eigenvalue weighted by atomic mass is 10.0. The molecule has 0 saturated carbocycles. The highest BCUT2D eigenvalue weighted by Gasteiger charge is 2.16. The van der Waals surface area contributed by atoms with E-state index in [9.17, 15) is 4.79 Å². The number of fused-ring (bicyclic) bond motifs is 1. The zero-order chi connectivity index (χ0) is 23.4. The number of aryl methyl sites for hydroxylation is 1. The van der Waals surface area contributed by atoms with E-state index in [0.29, 0.717) is 27.9 Å². The Morgan fingerprint density at radius 2 is 1.64 bits per heavy atom. The monoisotopic (exact) mass is 438 g/mol. The third-order valence-corrected chi connectivity index (χ3v) is 5.19. The highest BCUT2D eigenvalue weighted by atomic mass is 16.7. The van der Waals surface area contributed by atoms with E-state index in [0.717, 1.165) is 22.4 Å². The molecule has 0 bridgehead atoms. The summed E-state index contributed by atoms with van der Waals surface area (Å²) in [4.78, 5) is 23.1. The number of pyridine rings is 1. The molecule has 4 aromatic rings. The molecule has 0 spiro atoms. The Balaban J connectivity index is 1.66. The molecule has 0 aliphatic heterocycles. The first-order valence-electron chi connectivity index (χ1n) is 10.9. The molecule has 0 N–H and O–H groups in total. The van der Waals surface area contributed by atoms with Crippen molar-refractivity contribution in [3.8, 4) is 17.0 Å². The molecule has 0 saturated heterocycles. The van der Waals surface area contributed by atoms with E-state index in [1.807, 2.05) is 100 Å². The van der Waals surface area contributed by atoms with Gasteiger partial charge in [0.1, 0.15) is 5.75 Å². The van der Waals surface area contributed by atoms with Crippen LogP contribution < -0.4 is 4.74 Å². The van der Waals surface area contributed by atoms with Gasteiger partial charge in [-0.25, -0.2) is 9.78 Å². The predicted molar refractivity (Wildman–Crippen MR) is 132 cm³/mol. The van der Waals surface area contributed by atoms with Crippen LogP contribution in [0.1, 0.15) is 42.3 Å². The quantitative estimate of drug-likeness (QED) is 0.194. The van der Waals surface area contributed by atoms with Crippen LogP contribution in [-0.2, 0) is 4.84 Å². The third-order valence-electron chi connectivity index (χ3n) is 5.19. The first kappa shape index (κ1) is 22.2. The zero-order valence-electron chi connectivity index (χ0n) is 19.2. The van der Waals surface area contributed by atoms with Crippen LogP contribution >= 0.6 is 0 Å². The molecule has 1 aromatic heterocycles. The van der Waals surface area contributed by atoms with Gasteiger partial charge < -0.3 is 9.57 Å². The fraction of sp³-hybridized carbons (Fsp3) is 0.179. The molecule has 0 aliphatic carbocycles. The maximum atomic E-state index is 13.0. The number of para-hydroxylation sites is 1. The van der Waals surface area contributed by atoms with E-state index >= 15 is 0 Å². The van der Waals surface area contributed by atoms with Crippen LogP contribution in [0, 0.1) is 6.92 Å². The molecule has 0 aliphatic rings. The van der Waals surface area contributed by atoms with Crippen molar-refractivity contribution >= 4 is 22.6 Å². The first-order chi connectivity index (χ1) is 15.9. The van der Waals surface area contributed by atoms with Gasteiger partial charge in [0.05, 0.1) is 28.6 Å². The zero-order valence-corrected chi connectivity index (χ0v) is 19.2. The number of aromatic nitrogens is 1. The standard InChI is InChI=1S/C28H26N2O3/c1-18(2)32-23-15-13-22(14-16-23)27-17-25(24-7-5-6-8-26(24)29-27)28(31)33-30-20(4)21-11-9-19(3)10-12-21/h5-18H,1-4H3/b30-20+. The summed E-state index contributed by atoms with van der Waals surface area (Å²) in [5.41, 5.74) is 5.37. The smallest absolute Gasteiger partial charge is 0.366 e. The van der Waals surface area contributed by atoms with Crippen molar-refractivity contribution in [2.24, 2.45) is 5.16 Å². The van der Waals surface area contributed by atoms with Crippen LogP contribution in [0.5, 0.6) is 5.75 Å². The Morgan fingerprint density at radius 3 is 2.33 bits per heavy atom. The van der Waals surface area contributed by atoms with Crippen LogP contribution in [0.4, 0.5) is 0 Å². The van der Waals surface area contributed by atoms with Crippen molar-refractivity contribution in [3.05, 3.63) is 95.6 Å². The van der Waals surface area contributed by atoms with Gasteiger partial charge in [-0.05, 0) is 69.7 Å². The molecule has 3 aromatic carbocycles. The molecule has 5 heteroatoms. The van der Waals surface area contributed by atoms with Gasteiger partial charge in [0, 0.05) is 10.9 Å². The van der Waals surface area contributed by atoms with Gasteiger partial charge in [-0.3, -0.25) is 0 Å². The number of carbonyl (C=O) groups excluding carboxylic acids is 1. The molecule has 1 heterocycles. The minimum atomic E-state index is -0.527. The van der Waals surface area contributed by atoms with Gasteiger partial charge in [0.2, 0.25) is 0 Å². The lowest BCUT2D eigenvalue weighted by Crippen LogP contribution is -2.06. The number of carbonyl (C=O) groups is 1. The molecular weight excluding hydrogens is 412 g/mol. The van der Waals surface area contributed by atoms with Gasteiger partial charge >= 0.3 is 5.97 Å². The molecule has 166 valence electrons. The Kier molecular flexibility index (Phi) is 6.50. The summed E-state index contributed by atoms with van der Waals surface area (Å²) in [7, 11) is 0. The minimum absolute atomic E-state index is 0.0972. The minimum Gasteiger partial charge on any atom is -0.491 e. The van der Waals surface area contributed by atoms with Crippen molar-refractivity contribution in [2.75, 3.05) is 0 Å². The molecular formula is C28H26N2O3. The molecule has 0 atom stereocenters. The largest absolute Gasteiger partial charge is 0.491 e. The van der Waals surface area contributed by atoms with Gasteiger partial charge in [-0.1, -0.05) is 53.2 Å². The summed E-state index contributed by atoms with van der Waals surface area (Å²) in [6.45, 7) is 7.81. The number of nitrogens with zero attached hydrogens (tertiary/aromatic N) is 2. The van der Waals surface area contributed by atoms with Gasteiger partial charge in [-0.2, -0.15) is 0 Å². The summed E-state index contributed by atoms with van der Waals surface area (Å²) < 4.78 is 5.73. The molecule has 5 nitrogen and oxygen atoms in total. The lowest BCUT2D eigenvalue weighted by Gasteiger charge is -2.11. The van der Waals surface area contributed by atoms with E-state index < -0.39 is 5.97 Å². The van der Waals surface area contributed by atoms with E-state index in [2.05, 4.69) is 5.16 Å². The summed E-state index contributed by atoms with van der Waals surface area (Å²) >= 11 is 0. The maximum absolute atomic E-state index is 13.0.